The summed E-state index contributed by atoms with van der Waals surface area (Å²) >= 11 is 0. The van der Waals surface area contributed by atoms with Gasteiger partial charge in [-0.2, -0.15) is 5.01 Å². The highest BCUT2D eigenvalue weighted by molar-refractivity contribution is 4.99. The first-order chi connectivity index (χ1) is 6.74. The molecule has 0 aromatic heterocycles. The Balaban J connectivity index is 2.04. The molecule has 2 heterocycles. The van der Waals surface area contributed by atoms with Crippen molar-refractivity contribution in [3.8, 4) is 0 Å². The van der Waals surface area contributed by atoms with Gasteiger partial charge in [0.15, 0.2) is 0 Å². The third-order valence-corrected chi connectivity index (χ3v) is 3.31. The maximum absolute atomic E-state index is 9.38. The molecule has 0 radical (unpaired) electrons. The van der Waals surface area contributed by atoms with Crippen molar-refractivity contribution in [3.05, 3.63) is 0 Å². The molecule has 2 saturated heterocycles. The molecule has 1 atom stereocenters. The smallest absolute Gasteiger partial charge is 0.135 e. The molecule has 2 rings (SSSR count). The summed E-state index contributed by atoms with van der Waals surface area (Å²) in [4.78, 5) is 2.13. The van der Waals surface area contributed by atoms with E-state index in [1.165, 1.54) is 0 Å². The Morgan fingerprint density at radius 3 is 2.21 bits per heavy atom. The quantitative estimate of drug-likeness (QED) is 0.387. The number of aliphatic hydroxyl groups is 2. The Labute approximate surface area is 82.9 Å². The SMILES string of the molecule is OCN(O)N1CCC1(CO)N1CCC1. The van der Waals surface area contributed by atoms with Gasteiger partial charge in [-0.3, -0.25) is 10.1 Å². The minimum absolute atomic E-state index is 0.00986. The fraction of sp³-hybridized carbons (Fsp3) is 1.00. The van der Waals surface area contributed by atoms with Crippen LogP contribution >= 0.6 is 0 Å². The summed E-state index contributed by atoms with van der Waals surface area (Å²) in [6.45, 7) is 2.14. The Kier molecular flexibility index (Phi) is 2.74. The molecule has 14 heavy (non-hydrogen) atoms. The van der Waals surface area contributed by atoms with Gasteiger partial charge in [-0.05, 0) is 12.8 Å². The van der Waals surface area contributed by atoms with Crippen molar-refractivity contribution in [2.24, 2.45) is 0 Å². The van der Waals surface area contributed by atoms with Crippen LogP contribution in [0.15, 0.2) is 0 Å². The lowest BCUT2D eigenvalue weighted by Gasteiger charge is -2.60. The average Bonchev–Trinajstić information content (AvgIpc) is 2.08. The molecule has 3 N–H and O–H groups in total. The van der Waals surface area contributed by atoms with Gasteiger partial charge in [0.05, 0.1) is 6.61 Å². The molecule has 6 nitrogen and oxygen atoms in total. The summed E-state index contributed by atoms with van der Waals surface area (Å²) in [5.41, 5.74) is -0.463. The number of nitrogens with zero attached hydrogens (tertiary/aromatic N) is 3. The molecule has 2 aliphatic heterocycles. The van der Waals surface area contributed by atoms with Crippen LogP contribution in [0.3, 0.4) is 0 Å². The van der Waals surface area contributed by atoms with Gasteiger partial charge in [-0.25, -0.2) is 0 Å². The second-order valence-electron chi connectivity index (χ2n) is 3.87. The summed E-state index contributed by atoms with van der Waals surface area (Å²) in [5, 5.41) is 30.0. The molecule has 0 aromatic carbocycles. The number of aliphatic hydroxyl groups excluding tert-OH is 2. The topological polar surface area (TPSA) is 70.4 Å². The maximum atomic E-state index is 9.38. The number of hydrazine groups is 1. The molecule has 0 amide bonds. The first-order valence-corrected chi connectivity index (χ1v) is 4.95. The van der Waals surface area contributed by atoms with Gasteiger partial charge < -0.3 is 10.2 Å². The van der Waals surface area contributed by atoms with E-state index in [-0.39, 0.29) is 6.61 Å². The van der Waals surface area contributed by atoms with Crippen molar-refractivity contribution >= 4 is 0 Å². The van der Waals surface area contributed by atoms with Crippen molar-refractivity contribution in [3.63, 3.8) is 0 Å². The fourth-order valence-corrected chi connectivity index (χ4v) is 2.19. The summed E-state index contributed by atoms with van der Waals surface area (Å²) in [6, 6.07) is 0. The Morgan fingerprint density at radius 1 is 1.21 bits per heavy atom. The highest BCUT2D eigenvalue weighted by Crippen LogP contribution is 2.37. The van der Waals surface area contributed by atoms with Crippen LogP contribution in [0.2, 0.25) is 0 Å². The molecule has 82 valence electrons. The van der Waals surface area contributed by atoms with E-state index in [9.17, 15) is 10.3 Å². The molecule has 0 bridgehead atoms. The zero-order valence-electron chi connectivity index (χ0n) is 8.13. The van der Waals surface area contributed by atoms with Crippen LogP contribution in [0.5, 0.6) is 0 Å². The zero-order valence-corrected chi connectivity index (χ0v) is 8.13. The van der Waals surface area contributed by atoms with Gasteiger partial charge in [0, 0.05) is 19.6 Å². The summed E-state index contributed by atoms with van der Waals surface area (Å²) in [7, 11) is 0. The lowest BCUT2D eigenvalue weighted by Crippen LogP contribution is -2.76. The van der Waals surface area contributed by atoms with Crippen LogP contribution in [0.1, 0.15) is 12.8 Å². The first-order valence-electron chi connectivity index (χ1n) is 4.95. The molecule has 1 unspecified atom stereocenters. The maximum Gasteiger partial charge on any atom is 0.135 e. The average molecular weight is 203 g/mol. The highest BCUT2D eigenvalue weighted by Gasteiger charge is 2.52. The minimum Gasteiger partial charge on any atom is -0.393 e. The largest absolute Gasteiger partial charge is 0.393 e. The second-order valence-corrected chi connectivity index (χ2v) is 3.87. The van der Waals surface area contributed by atoms with Crippen LogP contribution in [-0.2, 0) is 0 Å². The minimum atomic E-state index is -0.463. The number of hydrogen-bond acceptors (Lipinski definition) is 6. The van der Waals surface area contributed by atoms with E-state index in [4.69, 9.17) is 5.11 Å². The van der Waals surface area contributed by atoms with E-state index in [1.807, 2.05) is 0 Å². The Morgan fingerprint density at radius 2 is 1.93 bits per heavy atom. The monoisotopic (exact) mass is 203 g/mol. The van der Waals surface area contributed by atoms with Crippen LogP contribution in [0.25, 0.3) is 0 Å². The fourth-order valence-electron chi connectivity index (χ4n) is 2.19. The van der Waals surface area contributed by atoms with Crippen LogP contribution in [0, 0.1) is 0 Å². The van der Waals surface area contributed by atoms with E-state index in [0.717, 1.165) is 31.1 Å². The number of hydroxylamine groups is 1. The van der Waals surface area contributed by atoms with Gasteiger partial charge in [0.25, 0.3) is 0 Å². The lowest BCUT2D eigenvalue weighted by atomic mass is 9.92. The predicted molar refractivity (Wildman–Crippen MR) is 48.0 cm³/mol. The summed E-state index contributed by atoms with van der Waals surface area (Å²) < 4.78 is 0. The van der Waals surface area contributed by atoms with Crippen molar-refractivity contribution in [1.82, 2.24) is 15.1 Å². The molecular formula is C8H17N3O3. The van der Waals surface area contributed by atoms with Gasteiger partial charge in [-0.15, -0.1) is 0 Å². The number of likely N-dealkylation sites (tertiary alicyclic amines) is 1. The van der Waals surface area contributed by atoms with E-state index in [2.05, 4.69) is 4.90 Å². The van der Waals surface area contributed by atoms with Gasteiger partial charge >= 0.3 is 0 Å². The zero-order chi connectivity index (χ0) is 10.2. The van der Waals surface area contributed by atoms with Crippen molar-refractivity contribution in [2.45, 2.75) is 18.5 Å². The van der Waals surface area contributed by atoms with Gasteiger partial charge in [0.1, 0.15) is 12.4 Å². The number of hydrogen-bond donors (Lipinski definition) is 3. The Bertz CT molecular complexity index is 208. The van der Waals surface area contributed by atoms with E-state index in [1.54, 1.807) is 5.01 Å². The molecule has 2 fully saturated rings. The van der Waals surface area contributed by atoms with Crippen molar-refractivity contribution in [2.75, 3.05) is 33.0 Å². The van der Waals surface area contributed by atoms with Crippen LogP contribution in [-0.4, -0.2) is 69.1 Å². The highest BCUT2D eigenvalue weighted by atomic mass is 16.6. The third kappa shape index (κ3) is 1.27. The molecular weight excluding hydrogens is 186 g/mol. The van der Waals surface area contributed by atoms with Crippen LogP contribution in [0.4, 0.5) is 0 Å². The number of rotatable bonds is 4. The van der Waals surface area contributed by atoms with Crippen LogP contribution < -0.4 is 0 Å². The normalized spacial score (nSPS) is 34.3. The Hall–Kier alpha value is -0.240. The van der Waals surface area contributed by atoms with Crippen molar-refractivity contribution < 1.29 is 15.4 Å². The lowest BCUT2D eigenvalue weighted by molar-refractivity contribution is -0.377. The van der Waals surface area contributed by atoms with Gasteiger partial charge in [0.2, 0.25) is 0 Å². The summed E-state index contributed by atoms with van der Waals surface area (Å²) in [5.74, 6) is 0. The second kappa shape index (κ2) is 3.73. The van der Waals surface area contributed by atoms with Crippen molar-refractivity contribution in [1.29, 1.82) is 0 Å². The molecule has 2 aliphatic rings. The predicted octanol–water partition coefficient (Wildman–Crippen LogP) is -1.36. The molecule has 0 spiro atoms. The van der Waals surface area contributed by atoms with E-state index in [0.29, 0.717) is 6.54 Å². The van der Waals surface area contributed by atoms with Gasteiger partial charge in [-0.1, -0.05) is 5.17 Å². The molecule has 0 aliphatic carbocycles. The molecule has 6 heteroatoms. The third-order valence-electron chi connectivity index (χ3n) is 3.31. The first kappa shape index (κ1) is 10.3. The molecule has 0 aromatic rings. The standard InChI is InChI=1S/C8H17N3O3/c12-6-8(9-3-1-4-9)2-5-10(8)11(14)7-13/h12-14H,1-7H2. The van der Waals surface area contributed by atoms with E-state index < -0.39 is 12.4 Å². The molecule has 0 saturated carbocycles. The van der Waals surface area contributed by atoms with E-state index >= 15 is 0 Å². The summed E-state index contributed by atoms with van der Waals surface area (Å²) in [6.07, 6.45) is 1.97.